The van der Waals surface area contributed by atoms with Gasteiger partial charge in [-0.2, -0.15) is 0 Å². The second-order valence-corrected chi connectivity index (χ2v) is 4.86. The lowest BCUT2D eigenvalue weighted by Crippen LogP contribution is -2.32. The number of ether oxygens (including phenoxy) is 1. The molecule has 2 rings (SSSR count). The zero-order chi connectivity index (χ0) is 12.3. The Morgan fingerprint density at radius 3 is 2.82 bits per heavy atom. The van der Waals surface area contributed by atoms with Gasteiger partial charge in [0.15, 0.2) is 5.82 Å². The van der Waals surface area contributed by atoms with Crippen LogP contribution < -0.4 is 4.74 Å². The van der Waals surface area contributed by atoms with E-state index in [9.17, 15) is 4.39 Å². The van der Waals surface area contributed by atoms with E-state index in [2.05, 4.69) is 16.9 Å². The largest absolute Gasteiger partial charge is 0.475 e. The highest BCUT2D eigenvalue weighted by atomic mass is 19.1. The summed E-state index contributed by atoms with van der Waals surface area (Å²) in [6.07, 6.45) is 3.86. The Kier molecular flexibility index (Phi) is 3.94. The highest BCUT2D eigenvalue weighted by molar-refractivity contribution is 5.19. The Hall–Kier alpha value is -1.16. The van der Waals surface area contributed by atoms with Crippen LogP contribution in [0, 0.1) is 18.7 Å². The standard InChI is InChI=1S/C13H19FN2O/c1-10-7-12(14)13(15-8-10)17-9-11-3-5-16(2)6-4-11/h7-8,11H,3-6,9H2,1-2H3. The van der Waals surface area contributed by atoms with Crippen LogP contribution in [0.1, 0.15) is 18.4 Å². The van der Waals surface area contributed by atoms with Gasteiger partial charge in [-0.05, 0) is 57.5 Å². The van der Waals surface area contributed by atoms with E-state index in [4.69, 9.17) is 4.74 Å². The summed E-state index contributed by atoms with van der Waals surface area (Å²) in [6.45, 7) is 4.58. The van der Waals surface area contributed by atoms with Gasteiger partial charge in [0.05, 0.1) is 6.61 Å². The van der Waals surface area contributed by atoms with Crippen molar-refractivity contribution in [1.29, 1.82) is 0 Å². The van der Waals surface area contributed by atoms with E-state index in [1.54, 1.807) is 6.20 Å². The van der Waals surface area contributed by atoms with Crippen LogP contribution in [0.15, 0.2) is 12.3 Å². The quantitative estimate of drug-likeness (QED) is 0.807. The highest BCUT2D eigenvalue weighted by Gasteiger charge is 2.18. The summed E-state index contributed by atoms with van der Waals surface area (Å²) in [4.78, 5) is 6.28. The molecule has 0 bridgehead atoms. The topological polar surface area (TPSA) is 25.4 Å². The monoisotopic (exact) mass is 238 g/mol. The molecule has 0 radical (unpaired) electrons. The number of piperidine rings is 1. The predicted octanol–water partition coefficient (Wildman–Crippen LogP) is 2.25. The van der Waals surface area contributed by atoms with Crippen LogP contribution in [0.4, 0.5) is 4.39 Å². The zero-order valence-electron chi connectivity index (χ0n) is 10.4. The molecule has 3 nitrogen and oxygen atoms in total. The van der Waals surface area contributed by atoms with Crippen molar-refractivity contribution in [2.24, 2.45) is 5.92 Å². The van der Waals surface area contributed by atoms with Gasteiger partial charge in [-0.15, -0.1) is 0 Å². The summed E-state index contributed by atoms with van der Waals surface area (Å²) >= 11 is 0. The first-order chi connectivity index (χ1) is 8.15. The van der Waals surface area contributed by atoms with Gasteiger partial charge in [0.25, 0.3) is 0 Å². The average Bonchev–Trinajstić information content (AvgIpc) is 2.30. The summed E-state index contributed by atoms with van der Waals surface area (Å²) in [5.74, 6) is 0.293. The van der Waals surface area contributed by atoms with E-state index < -0.39 is 0 Å². The summed E-state index contributed by atoms with van der Waals surface area (Å²) in [5.41, 5.74) is 0.814. The number of likely N-dealkylation sites (tertiary alicyclic amines) is 1. The molecule has 0 atom stereocenters. The Morgan fingerprint density at radius 1 is 1.47 bits per heavy atom. The van der Waals surface area contributed by atoms with E-state index >= 15 is 0 Å². The van der Waals surface area contributed by atoms with Gasteiger partial charge >= 0.3 is 0 Å². The summed E-state index contributed by atoms with van der Waals surface area (Å²) in [5, 5.41) is 0. The van der Waals surface area contributed by atoms with Crippen molar-refractivity contribution >= 4 is 0 Å². The Balaban J connectivity index is 1.85. The van der Waals surface area contributed by atoms with Gasteiger partial charge in [0.2, 0.25) is 5.88 Å². The number of aryl methyl sites for hydroxylation is 1. The van der Waals surface area contributed by atoms with Gasteiger partial charge in [0, 0.05) is 6.20 Å². The third-order valence-electron chi connectivity index (χ3n) is 3.24. The van der Waals surface area contributed by atoms with Gasteiger partial charge < -0.3 is 9.64 Å². The zero-order valence-corrected chi connectivity index (χ0v) is 10.4. The minimum absolute atomic E-state index is 0.134. The minimum Gasteiger partial charge on any atom is -0.475 e. The molecule has 1 fully saturated rings. The fourth-order valence-electron chi connectivity index (χ4n) is 2.05. The number of halogens is 1. The maximum absolute atomic E-state index is 13.5. The minimum atomic E-state index is -0.363. The van der Waals surface area contributed by atoms with Crippen LogP contribution in [0.2, 0.25) is 0 Å². The normalized spacial score (nSPS) is 18.3. The predicted molar refractivity (Wildman–Crippen MR) is 64.6 cm³/mol. The second-order valence-electron chi connectivity index (χ2n) is 4.86. The molecule has 0 aliphatic carbocycles. The van der Waals surface area contributed by atoms with Crippen molar-refractivity contribution in [3.8, 4) is 5.88 Å². The first kappa shape index (κ1) is 12.3. The fourth-order valence-corrected chi connectivity index (χ4v) is 2.05. The average molecular weight is 238 g/mol. The number of hydrogen-bond donors (Lipinski definition) is 0. The van der Waals surface area contributed by atoms with Crippen molar-refractivity contribution in [2.45, 2.75) is 19.8 Å². The van der Waals surface area contributed by atoms with Crippen LogP contribution in [0.3, 0.4) is 0 Å². The van der Waals surface area contributed by atoms with Crippen molar-refractivity contribution in [1.82, 2.24) is 9.88 Å². The van der Waals surface area contributed by atoms with Crippen molar-refractivity contribution in [3.05, 3.63) is 23.6 Å². The first-order valence-electron chi connectivity index (χ1n) is 6.08. The summed E-state index contributed by atoms with van der Waals surface area (Å²) < 4.78 is 18.9. The molecule has 1 aliphatic rings. The number of aromatic nitrogens is 1. The van der Waals surface area contributed by atoms with Crippen LogP contribution >= 0.6 is 0 Å². The van der Waals surface area contributed by atoms with Crippen LogP contribution in [0.25, 0.3) is 0 Å². The molecule has 0 amide bonds. The smallest absolute Gasteiger partial charge is 0.250 e. The third-order valence-corrected chi connectivity index (χ3v) is 3.24. The number of pyridine rings is 1. The molecule has 1 aromatic rings. The number of nitrogens with zero attached hydrogens (tertiary/aromatic N) is 2. The van der Waals surface area contributed by atoms with Crippen molar-refractivity contribution < 1.29 is 9.13 Å². The molecule has 0 aromatic carbocycles. The van der Waals surface area contributed by atoms with Gasteiger partial charge in [-0.3, -0.25) is 0 Å². The van der Waals surface area contributed by atoms with Crippen LogP contribution in [-0.2, 0) is 0 Å². The molecule has 17 heavy (non-hydrogen) atoms. The van der Waals surface area contributed by atoms with Gasteiger partial charge in [-0.1, -0.05) is 0 Å². The van der Waals surface area contributed by atoms with Crippen LogP contribution in [-0.4, -0.2) is 36.6 Å². The molecule has 0 N–H and O–H groups in total. The molecular weight excluding hydrogens is 219 g/mol. The lowest BCUT2D eigenvalue weighted by atomic mass is 9.98. The molecule has 94 valence electrons. The lowest BCUT2D eigenvalue weighted by Gasteiger charge is -2.28. The second kappa shape index (κ2) is 5.45. The maximum Gasteiger partial charge on any atom is 0.250 e. The molecule has 0 spiro atoms. The van der Waals surface area contributed by atoms with E-state index in [1.165, 1.54) is 6.07 Å². The lowest BCUT2D eigenvalue weighted by molar-refractivity contribution is 0.153. The number of hydrogen-bond acceptors (Lipinski definition) is 3. The molecule has 0 saturated carbocycles. The van der Waals surface area contributed by atoms with Crippen molar-refractivity contribution in [3.63, 3.8) is 0 Å². The third kappa shape index (κ3) is 3.40. The van der Waals surface area contributed by atoms with E-state index in [1.807, 2.05) is 6.92 Å². The molecule has 0 unspecified atom stereocenters. The molecule has 1 aromatic heterocycles. The maximum atomic E-state index is 13.5. The molecule has 1 aliphatic heterocycles. The first-order valence-corrected chi connectivity index (χ1v) is 6.08. The molecule has 1 saturated heterocycles. The van der Waals surface area contributed by atoms with E-state index in [0.717, 1.165) is 31.5 Å². The summed E-state index contributed by atoms with van der Waals surface area (Å²) in [6, 6.07) is 1.46. The van der Waals surface area contributed by atoms with Crippen molar-refractivity contribution in [2.75, 3.05) is 26.7 Å². The molecule has 2 heterocycles. The fraction of sp³-hybridized carbons (Fsp3) is 0.615. The van der Waals surface area contributed by atoms with E-state index in [0.29, 0.717) is 12.5 Å². The Labute approximate surface area is 102 Å². The van der Waals surface area contributed by atoms with Gasteiger partial charge in [0.1, 0.15) is 0 Å². The number of rotatable bonds is 3. The Morgan fingerprint density at radius 2 is 2.18 bits per heavy atom. The highest BCUT2D eigenvalue weighted by Crippen LogP contribution is 2.19. The summed E-state index contributed by atoms with van der Waals surface area (Å²) in [7, 11) is 2.12. The van der Waals surface area contributed by atoms with E-state index in [-0.39, 0.29) is 11.7 Å². The molecule has 4 heteroatoms. The SMILES string of the molecule is Cc1cnc(OCC2CCN(C)CC2)c(F)c1. The Bertz CT molecular complexity index is 376. The van der Waals surface area contributed by atoms with Crippen LogP contribution in [0.5, 0.6) is 5.88 Å². The molecular formula is C13H19FN2O. The van der Waals surface area contributed by atoms with Gasteiger partial charge in [-0.25, -0.2) is 9.37 Å².